The highest BCUT2D eigenvalue weighted by molar-refractivity contribution is 6.21. The number of pyridine rings is 1. The van der Waals surface area contributed by atoms with E-state index in [0.29, 0.717) is 24.4 Å². The van der Waals surface area contributed by atoms with Crippen LogP contribution in [0, 0.1) is 0 Å². The summed E-state index contributed by atoms with van der Waals surface area (Å²) in [7, 11) is 0. The summed E-state index contributed by atoms with van der Waals surface area (Å²) in [6.07, 6.45) is 7.03. The second-order valence-corrected chi connectivity index (χ2v) is 6.18. The zero-order valence-electron chi connectivity index (χ0n) is 14.5. The first-order chi connectivity index (χ1) is 13.2. The number of aliphatic hydroxyl groups excluding tert-OH is 1. The van der Waals surface area contributed by atoms with Crippen LogP contribution >= 0.6 is 11.8 Å². The summed E-state index contributed by atoms with van der Waals surface area (Å²) in [6.45, 7) is 0.289. The third-order valence-electron chi connectivity index (χ3n) is 3.99. The van der Waals surface area contributed by atoms with Gasteiger partial charge in [0.2, 0.25) is 0 Å². The quantitative estimate of drug-likeness (QED) is 0.502. The van der Waals surface area contributed by atoms with Gasteiger partial charge in [0.05, 0.1) is 5.70 Å². The molecule has 0 fully saturated rings. The molecule has 1 aliphatic heterocycles. The number of allylic oxidation sites excluding steroid dienone is 1. The minimum Gasteiger partial charge on any atom is -0.396 e. The summed E-state index contributed by atoms with van der Waals surface area (Å²) in [5, 5.41) is 14.9. The summed E-state index contributed by atoms with van der Waals surface area (Å²) in [5.41, 5.74) is 2.09. The molecule has 3 N–H and O–H groups in total. The highest BCUT2D eigenvalue weighted by Gasteiger charge is 2.46. The van der Waals surface area contributed by atoms with Crippen molar-refractivity contribution in [3.63, 3.8) is 0 Å². The van der Waals surface area contributed by atoms with Crippen molar-refractivity contribution in [1.82, 2.24) is 14.7 Å². The van der Waals surface area contributed by atoms with E-state index in [1.807, 2.05) is 30.3 Å². The van der Waals surface area contributed by atoms with Gasteiger partial charge in [0, 0.05) is 54.8 Å². The Balaban J connectivity index is 1.95. The van der Waals surface area contributed by atoms with Gasteiger partial charge < -0.3 is 15.7 Å². The number of rotatable bonds is 7. The smallest absolute Gasteiger partial charge is 0.303 e. The van der Waals surface area contributed by atoms with Crippen LogP contribution in [0.15, 0.2) is 65.9 Å². The van der Waals surface area contributed by atoms with Crippen molar-refractivity contribution >= 4 is 35.3 Å². The SMILES string of the molecule is O=C(NCCCO)C1(Nc2ccccc2)N=CC=C(c2ccncc2)N1Cl. The Morgan fingerprint density at radius 3 is 2.63 bits per heavy atom. The van der Waals surface area contributed by atoms with Crippen LogP contribution in [0.3, 0.4) is 0 Å². The Kier molecular flexibility index (Phi) is 6.05. The van der Waals surface area contributed by atoms with Gasteiger partial charge in [-0.25, -0.2) is 9.41 Å². The molecule has 8 heteroatoms. The van der Waals surface area contributed by atoms with Crippen LogP contribution in [0.25, 0.3) is 5.70 Å². The molecule has 1 unspecified atom stereocenters. The van der Waals surface area contributed by atoms with E-state index in [4.69, 9.17) is 16.9 Å². The number of para-hydroxylation sites is 1. The lowest BCUT2D eigenvalue weighted by molar-refractivity contribution is -0.128. The van der Waals surface area contributed by atoms with E-state index in [9.17, 15) is 4.79 Å². The van der Waals surface area contributed by atoms with Crippen LogP contribution in [-0.2, 0) is 4.79 Å². The largest absolute Gasteiger partial charge is 0.396 e. The minimum atomic E-state index is -1.58. The zero-order chi connectivity index (χ0) is 19.1. The van der Waals surface area contributed by atoms with Crippen molar-refractivity contribution in [2.24, 2.45) is 4.99 Å². The molecule has 2 heterocycles. The van der Waals surface area contributed by atoms with Gasteiger partial charge in [0.1, 0.15) is 0 Å². The minimum absolute atomic E-state index is 0.0184. The van der Waals surface area contributed by atoms with E-state index in [2.05, 4.69) is 20.6 Å². The Bertz CT molecular complexity index is 829. The third kappa shape index (κ3) is 4.10. The Morgan fingerprint density at radius 1 is 1.19 bits per heavy atom. The number of nitrogens with one attached hydrogen (secondary N) is 2. The number of hydrogen-bond acceptors (Lipinski definition) is 6. The predicted octanol–water partition coefficient (Wildman–Crippen LogP) is 2.23. The van der Waals surface area contributed by atoms with Crippen LogP contribution in [0.5, 0.6) is 0 Å². The van der Waals surface area contributed by atoms with E-state index in [-0.39, 0.29) is 6.61 Å². The second-order valence-electron chi connectivity index (χ2n) is 5.84. The number of carbonyl (C=O) groups excluding carboxylic acids is 1. The van der Waals surface area contributed by atoms with Crippen LogP contribution in [0.1, 0.15) is 12.0 Å². The molecule has 1 aromatic carbocycles. The van der Waals surface area contributed by atoms with Crippen LogP contribution < -0.4 is 10.6 Å². The Hall–Kier alpha value is -2.90. The fourth-order valence-corrected chi connectivity index (χ4v) is 2.97. The van der Waals surface area contributed by atoms with Gasteiger partial charge in [0.15, 0.2) is 0 Å². The first kappa shape index (κ1) is 18.9. The summed E-state index contributed by atoms with van der Waals surface area (Å²) < 4.78 is 1.28. The average molecular weight is 386 g/mol. The Morgan fingerprint density at radius 2 is 1.93 bits per heavy atom. The number of halogens is 1. The number of anilines is 1. The molecular weight excluding hydrogens is 366 g/mol. The maximum Gasteiger partial charge on any atom is 0.303 e. The first-order valence-corrected chi connectivity index (χ1v) is 8.85. The fraction of sp³-hybridized carbons (Fsp3) is 0.211. The van der Waals surface area contributed by atoms with Crippen molar-refractivity contribution in [2.45, 2.75) is 12.2 Å². The lowest BCUT2D eigenvalue weighted by Crippen LogP contribution is -2.60. The molecule has 0 saturated heterocycles. The van der Waals surface area contributed by atoms with Crippen LogP contribution in [0.4, 0.5) is 5.69 Å². The third-order valence-corrected chi connectivity index (χ3v) is 4.42. The number of nitrogens with zero attached hydrogens (tertiary/aromatic N) is 3. The van der Waals surface area contributed by atoms with E-state index < -0.39 is 11.7 Å². The van der Waals surface area contributed by atoms with Crippen molar-refractivity contribution < 1.29 is 9.90 Å². The van der Waals surface area contributed by atoms with Crippen LogP contribution in [0.2, 0.25) is 0 Å². The molecule has 0 radical (unpaired) electrons. The van der Waals surface area contributed by atoms with Gasteiger partial charge >= 0.3 is 5.79 Å². The molecule has 0 saturated carbocycles. The molecule has 27 heavy (non-hydrogen) atoms. The number of hydrogen-bond donors (Lipinski definition) is 3. The van der Waals surface area contributed by atoms with E-state index >= 15 is 0 Å². The average Bonchev–Trinajstić information content (AvgIpc) is 2.71. The number of carbonyl (C=O) groups is 1. The second kappa shape index (κ2) is 8.66. The van der Waals surface area contributed by atoms with E-state index in [0.717, 1.165) is 5.56 Å². The highest BCUT2D eigenvalue weighted by atomic mass is 35.5. The highest BCUT2D eigenvalue weighted by Crippen LogP contribution is 2.34. The van der Waals surface area contributed by atoms with Gasteiger partial charge in [-0.15, -0.1) is 0 Å². The summed E-state index contributed by atoms with van der Waals surface area (Å²) >= 11 is 6.66. The summed E-state index contributed by atoms with van der Waals surface area (Å²) in [6, 6.07) is 12.8. The molecule has 1 amide bonds. The normalized spacial score (nSPS) is 18.7. The number of aromatic nitrogens is 1. The topological polar surface area (TPSA) is 89.8 Å². The number of aliphatic hydroxyl groups is 1. The number of amides is 1. The number of aliphatic imine (C=N–C) groups is 1. The molecule has 0 spiro atoms. The van der Waals surface area contributed by atoms with Crippen molar-refractivity contribution in [3.8, 4) is 0 Å². The number of benzene rings is 1. The maximum absolute atomic E-state index is 13.1. The molecule has 1 aliphatic rings. The van der Waals surface area contributed by atoms with E-state index in [1.165, 1.54) is 4.42 Å². The predicted molar refractivity (Wildman–Crippen MR) is 106 cm³/mol. The van der Waals surface area contributed by atoms with Crippen molar-refractivity contribution in [2.75, 3.05) is 18.5 Å². The molecule has 140 valence electrons. The van der Waals surface area contributed by atoms with Crippen LogP contribution in [-0.4, -0.2) is 45.6 Å². The molecule has 0 bridgehead atoms. The van der Waals surface area contributed by atoms with Gasteiger partial charge in [0.25, 0.3) is 5.91 Å². The van der Waals surface area contributed by atoms with Crippen molar-refractivity contribution in [3.05, 3.63) is 66.5 Å². The molecule has 0 aliphatic carbocycles. The molecule has 1 atom stereocenters. The van der Waals surface area contributed by atoms with Gasteiger partial charge in [-0.3, -0.25) is 9.78 Å². The lowest BCUT2D eigenvalue weighted by atomic mass is 10.1. The van der Waals surface area contributed by atoms with Gasteiger partial charge in [-0.1, -0.05) is 18.2 Å². The lowest BCUT2D eigenvalue weighted by Gasteiger charge is -2.39. The zero-order valence-corrected chi connectivity index (χ0v) is 15.3. The molecule has 7 nitrogen and oxygen atoms in total. The monoisotopic (exact) mass is 385 g/mol. The van der Waals surface area contributed by atoms with Crippen molar-refractivity contribution in [1.29, 1.82) is 0 Å². The molecular formula is C19H20ClN5O2. The Labute approximate surface area is 162 Å². The summed E-state index contributed by atoms with van der Waals surface area (Å²) in [4.78, 5) is 21.4. The fourth-order valence-electron chi connectivity index (χ4n) is 2.65. The standard InChI is InChI=1S/C19H20ClN5O2/c20-25-17(15-7-11-21-12-8-15)9-13-23-19(25,18(27)22-10-4-14-26)24-16-5-2-1-3-6-16/h1-3,5-9,11-13,24,26H,4,10,14H2,(H,22,27). The summed E-state index contributed by atoms with van der Waals surface area (Å²) in [5.74, 6) is -2.00. The first-order valence-electron chi connectivity index (χ1n) is 8.52. The van der Waals surface area contributed by atoms with E-state index in [1.54, 1.807) is 36.8 Å². The molecule has 3 rings (SSSR count). The van der Waals surface area contributed by atoms with Gasteiger partial charge in [-0.2, -0.15) is 0 Å². The molecule has 2 aromatic rings. The maximum atomic E-state index is 13.1. The molecule has 1 aromatic heterocycles. The van der Waals surface area contributed by atoms with Gasteiger partial charge in [-0.05, 0) is 36.8 Å².